The molecule has 0 saturated heterocycles. The van der Waals surface area contributed by atoms with Gasteiger partial charge in [0.1, 0.15) is 0 Å². The lowest BCUT2D eigenvalue weighted by Gasteiger charge is -2.07. The molecule has 0 aliphatic carbocycles. The van der Waals surface area contributed by atoms with E-state index in [1.54, 1.807) is 11.3 Å². The van der Waals surface area contributed by atoms with Crippen LogP contribution >= 0.6 is 11.3 Å². The average Bonchev–Trinajstić information content (AvgIpc) is 2.52. The molecule has 0 amide bonds. The Morgan fingerprint density at radius 1 is 1.69 bits per heavy atom. The zero-order valence-electron chi connectivity index (χ0n) is 8.00. The van der Waals surface area contributed by atoms with Gasteiger partial charge in [-0.1, -0.05) is 0 Å². The number of rotatable bonds is 3. The van der Waals surface area contributed by atoms with Crippen LogP contribution in [0.5, 0.6) is 0 Å². The topological polar surface area (TPSA) is 38.9 Å². The van der Waals surface area contributed by atoms with Crippen molar-refractivity contribution in [3.63, 3.8) is 0 Å². The molecule has 1 aromatic heterocycles. The average molecular weight is 194 g/mol. The van der Waals surface area contributed by atoms with Gasteiger partial charge in [0.05, 0.1) is 11.2 Å². The van der Waals surface area contributed by atoms with Crippen LogP contribution < -0.4 is 5.73 Å². The first-order chi connectivity index (χ1) is 6.25. The van der Waals surface area contributed by atoms with Crippen LogP contribution in [-0.2, 0) is 0 Å². The summed E-state index contributed by atoms with van der Waals surface area (Å²) < 4.78 is 0. The fourth-order valence-electron chi connectivity index (χ4n) is 1.15. The third-order valence-corrected chi connectivity index (χ3v) is 2.94. The molecule has 13 heavy (non-hydrogen) atoms. The van der Waals surface area contributed by atoms with E-state index in [0.29, 0.717) is 0 Å². The van der Waals surface area contributed by atoms with Crippen LogP contribution in [0.4, 0.5) is 0 Å². The fraction of sp³-hybridized carbons (Fsp3) is 0.500. The molecule has 70 valence electrons. The van der Waals surface area contributed by atoms with E-state index in [2.05, 4.69) is 16.8 Å². The number of nitrogens with two attached hydrogens (primary N) is 1. The summed E-state index contributed by atoms with van der Waals surface area (Å²) in [6.07, 6.45) is 1.79. The molecule has 0 saturated carbocycles. The minimum Gasteiger partial charge on any atom is -0.323 e. The van der Waals surface area contributed by atoms with E-state index in [0.717, 1.165) is 18.5 Å². The first kappa shape index (κ1) is 10.2. The Balaban J connectivity index is 2.52. The smallest absolute Gasteiger partial charge is 0.0798 e. The Morgan fingerprint density at radius 3 is 3.00 bits per heavy atom. The van der Waals surface area contributed by atoms with Crippen molar-refractivity contribution in [3.8, 4) is 11.8 Å². The van der Waals surface area contributed by atoms with Crippen molar-refractivity contribution in [2.45, 2.75) is 32.7 Å². The van der Waals surface area contributed by atoms with Gasteiger partial charge in [0.15, 0.2) is 0 Å². The van der Waals surface area contributed by atoms with Crippen molar-refractivity contribution >= 4 is 11.3 Å². The maximum atomic E-state index is 5.98. The van der Waals surface area contributed by atoms with Gasteiger partial charge in [-0.25, -0.2) is 4.98 Å². The lowest BCUT2D eigenvalue weighted by Crippen LogP contribution is -2.09. The monoisotopic (exact) mass is 194 g/mol. The number of thiazole rings is 1. The molecule has 0 aromatic carbocycles. The summed E-state index contributed by atoms with van der Waals surface area (Å²) in [5.74, 6) is 5.88. The van der Waals surface area contributed by atoms with Crippen LogP contribution in [-0.4, -0.2) is 4.98 Å². The van der Waals surface area contributed by atoms with Gasteiger partial charge in [-0.3, -0.25) is 0 Å². The van der Waals surface area contributed by atoms with E-state index < -0.39 is 0 Å². The Bertz CT molecular complexity index is 319. The molecule has 1 unspecified atom stereocenters. The van der Waals surface area contributed by atoms with E-state index in [1.165, 1.54) is 4.88 Å². The van der Waals surface area contributed by atoms with Crippen molar-refractivity contribution < 1.29 is 0 Å². The van der Waals surface area contributed by atoms with Crippen LogP contribution in [0.3, 0.4) is 0 Å². The molecule has 0 aliphatic heterocycles. The van der Waals surface area contributed by atoms with Gasteiger partial charge >= 0.3 is 0 Å². The molecular weight excluding hydrogens is 180 g/mol. The van der Waals surface area contributed by atoms with Crippen LogP contribution in [0.1, 0.15) is 36.4 Å². The fourth-order valence-corrected chi connectivity index (χ4v) is 1.99. The zero-order chi connectivity index (χ0) is 9.68. The number of aromatic nitrogens is 1. The van der Waals surface area contributed by atoms with Crippen LogP contribution in [0.2, 0.25) is 0 Å². The lowest BCUT2D eigenvalue weighted by molar-refractivity contribution is 0.673. The van der Waals surface area contributed by atoms with Crippen molar-refractivity contribution in [2.24, 2.45) is 5.73 Å². The highest BCUT2D eigenvalue weighted by Gasteiger charge is 2.09. The highest BCUT2D eigenvalue weighted by molar-refractivity contribution is 7.09. The molecule has 1 heterocycles. The third kappa shape index (κ3) is 2.83. The molecule has 0 spiro atoms. The first-order valence-corrected chi connectivity index (χ1v) is 5.19. The number of aryl methyl sites for hydroxylation is 1. The summed E-state index contributed by atoms with van der Waals surface area (Å²) in [6.45, 7) is 3.85. The van der Waals surface area contributed by atoms with Crippen LogP contribution in [0.15, 0.2) is 5.51 Å². The van der Waals surface area contributed by atoms with Crippen molar-refractivity contribution in [3.05, 3.63) is 16.1 Å². The van der Waals surface area contributed by atoms with Crippen molar-refractivity contribution in [1.82, 2.24) is 4.98 Å². The largest absolute Gasteiger partial charge is 0.323 e. The molecule has 1 rings (SSSR count). The van der Waals surface area contributed by atoms with Gasteiger partial charge in [0, 0.05) is 17.3 Å². The predicted octanol–water partition coefficient (Wildman–Crippen LogP) is 2.25. The SMILES string of the molecule is CC#CCCC(N)c1scnc1C. The summed E-state index contributed by atoms with van der Waals surface area (Å²) in [6, 6.07) is 0.105. The summed E-state index contributed by atoms with van der Waals surface area (Å²) in [5, 5.41) is 0. The molecule has 2 nitrogen and oxygen atoms in total. The van der Waals surface area contributed by atoms with Gasteiger partial charge in [0.25, 0.3) is 0 Å². The second-order valence-electron chi connectivity index (χ2n) is 2.87. The Morgan fingerprint density at radius 2 is 2.46 bits per heavy atom. The summed E-state index contributed by atoms with van der Waals surface area (Å²) in [5.41, 5.74) is 8.88. The third-order valence-electron chi connectivity index (χ3n) is 1.88. The maximum absolute atomic E-state index is 5.98. The zero-order valence-corrected chi connectivity index (χ0v) is 8.82. The lowest BCUT2D eigenvalue weighted by atomic mass is 10.1. The molecule has 2 N–H and O–H groups in total. The number of nitrogens with zero attached hydrogens (tertiary/aromatic N) is 1. The first-order valence-electron chi connectivity index (χ1n) is 4.31. The molecule has 0 bridgehead atoms. The predicted molar refractivity (Wildman–Crippen MR) is 56.5 cm³/mol. The highest BCUT2D eigenvalue weighted by atomic mass is 32.1. The molecular formula is C10H14N2S. The van der Waals surface area contributed by atoms with Gasteiger partial charge in [-0.15, -0.1) is 23.2 Å². The molecule has 0 aliphatic rings. The van der Waals surface area contributed by atoms with Gasteiger partial charge < -0.3 is 5.73 Å². The summed E-state index contributed by atoms with van der Waals surface area (Å²) in [7, 11) is 0. The number of hydrogen-bond donors (Lipinski definition) is 1. The number of hydrogen-bond acceptors (Lipinski definition) is 3. The molecule has 3 heteroatoms. The normalized spacial score (nSPS) is 11.9. The van der Waals surface area contributed by atoms with Crippen molar-refractivity contribution in [2.75, 3.05) is 0 Å². The van der Waals surface area contributed by atoms with Gasteiger partial charge in [-0.2, -0.15) is 0 Å². The maximum Gasteiger partial charge on any atom is 0.0798 e. The van der Waals surface area contributed by atoms with E-state index in [-0.39, 0.29) is 6.04 Å². The molecule has 1 atom stereocenters. The molecule has 0 fully saturated rings. The quantitative estimate of drug-likeness (QED) is 0.750. The standard InChI is InChI=1S/C10H14N2S/c1-3-4-5-6-9(11)10-8(2)12-7-13-10/h7,9H,5-6,11H2,1-2H3. The Hall–Kier alpha value is -0.850. The summed E-state index contributed by atoms with van der Waals surface area (Å²) in [4.78, 5) is 5.36. The molecule has 0 radical (unpaired) electrons. The van der Waals surface area contributed by atoms with Crippen LogP contribution in [0.25, 0.3) is 0 Å². The minimum atomic E-state index is 0.105. The van der Waals surface area contributed by atoms with Crippen molar-refractivity contribution in [1.29, 1.82) is 0 Å². The van der Waals surface area contributed by atoms with E-state index in [1.807, 2.05) is 19.4 Å². The summed E-state index contributed by atoms with van der Waals surface area (Å²) >= 11 is 1.63. The Kier molecular flexibility index (Phi) is 3.94. The van der Waals surface area contributed by atoms with Gasteiger partial charge in [0.2, 0.25) is 0 Å². The molecule has 1 aromatic rings. The van der Waals surface area contributed by atoms with E-state index in [4.69, 9.17) is 5.73 Å². The highest BCUT2D eigenvalue weighted by Crippen LogP contribution is 2.22. The minimum absolute atomic E-state index is 0.105. The van der Waals surface area contributed by atoms with E-state index in [9.17, 15) is 0 Å². The second-order valence-corrected chi connectivity index (χ2v) is 3.76. The van der Waals surface area contributed by atoms with E-state index >= 15 is 0 Å². The Labute approximate surface area is 83.2 Å². The van der Waals surface area contributed by atoms with Crippen LogP contribution in [0, 0.1) is 18.8 Å². The van der Waals surface area contributed by atoms with Gasteiger partial charge in [-0.05, 0) is 20.3 Å². The second kappa shape index (κ2) is 5.00.